The van der Waals surface area contributed by atoms with Crippen molar-refractivity contribution < 1.29 is 101 Å². The average Bonchev–Trinajstić information content (AvgIpc) is 3.26. The molecule has 72 heavy (non-hydrogen) atoms. The summed E-state index contributed by atoms with van der Waals surface area (Å²) < 4.78 is 66.1. The number of carbonyl (C=O) groups is 7. The summed E-state index contributed by atoms with van der Waals surface area (Å²) in [6, 6.07) is 2.73. The summed E-state index contributed by atoms with van der Waals surface area (Å²) in [5, 5.41) is 35.7. The van der Waals surface area contributed by atoms with Gasteiger partial charge in [0.05, 0.1) is 53.4 Å². The normalized spacial score (nSPS) is 39.8. The number of benzene rings is 1. The molecule has 17 atom stereocenters. The maximum atomic E-state index is 14.9. The molecule has 5 fully saturated rings. The Morgan fingerprint density at radius 3 is 1.83 bits per heavy atom. The van der Waals surface area contributed by atoms with Gasteiger partial charge < -0.3 is 67.4 Å². The second kappa shape index (κ2) is 20.4. The third-order valence-electron chi connectivity index (χ3n) is 14.5. The molecule has 4 aliphatic heterocycles. The summed E-state index contributed by atoms with van der Waals surface area (Å²) in [6.45, 7) is 13.2. The van der Waals surface area contributed by atoms with Crippen molar-refractivity contribution in [3.8, 4) is 5.75 Å². The second-order valence-electron chi connectivity index (χ2n) is 20.3. The van der Waals surface area contributed by atoms with Crippen molar-refractivity contribution in [2.45, 2.75) is 216 Å². The molecule has 16 unspecified atom stereocenters. The number of aliphatic hydroxyl groups is 2. The topological polar surface area (TPSA) is 282 Å². The maximum Gasteiger partial charge on any atom is 0.303 e. The molecule has 4 heterocycles. The maximum absolute atomic E-state index is 14.9. The van der Waals surface area contributed by atoms with E-state index in [4.69, 9.17) is 52.1 Å². The van der Waals surface area contributed by atoms with E-state index in [0.717, 1.165) is 6.08 Å². The highest BCUT2D eigenvalue weighted by Crippen LogP contribution is 2.55. The summed E-state index contributed by atoms with van der Waals surface area (Å²) in [5.41, 5.74) is -7.96. The summed E-state index contributed by atoms with van der Waals surface area (Å²) in [7, 11) is 0. The number of allylic oxidation sites excluding steroid dienone is 2. The van der Waals surface area contributed by atoms with Crippen LogP contribution in [-0.4, -0.2) is 153 Å². The molecule has 3 aliphatic carbocycles. The van der Waals surface area contributed by atoms with Crippen LogP contribution in [0.15, 0.2) is 35.4 Å². The number of Topliss-reactive ketones (excluding diaryl/α,β-unsaturated/α-hetero) is 3. The Morgan fingerprint density at radius 2 is 1.19 bits per heavy atom. The van der Waals surface area contributed by atoms with Crippen molar-refractivity contribution in [1.29, 1.82) is 0 Å². The van der Waals surface area contributed by atoms with E-state index < -0.39 is 168 Å². The molecule has 0 aromatic heterocycles. The van der Waals surface area contributed by atoms with E-state index in [1.54, 1.807) is 27.7 Å². The van der Waals surface area contributed by atoms with Crippen molar-refractivity contribution in [3.63, 3.8) is 0 Å². The molecule has 394 valence electrons. The van der Waals surface area contributed by atoms with Crippen LogP contribution in [0.4, 0.5) is 0 Å². The van der Waals surface area contributed by atoms with Crippen LogP contribution < -0.4 is 0 Å². The van der Waals surface area contributed by atoms with Gasteiger partial charge in [-0.15, -0.1) is 0 Å². The minimum Gasteiger partial charge on any atom is -0.507 e. The zero-order valence-corrected chi connectivity index (χ0v) is 41.7. The van der Waals surface area contributed by atoms with Gasteiger partial charge in [-0.05, 0) is 59.6 Å². The standard InChI is InChI=1S/C51H64O21/c1-22-33(66-26(5)52)13-15-40(64-22)72-51-38(56)20-49(9,60)21-50(51,61)17-16-32-43(51)46(59)31-11-10-30(44(57)42(31)45(32)58)35-18-36(47(24(3)62-35)68-28(7)54)71-39-14-12-34(23(2)63-39)70-41-19-37(67-27(6)53)48(25(4)65-41)69-29(8)55/h10-11,16-17,22-25,33-37,39-41,47-48,57,60-61H,12-15,18-21H2,1-9H3/t22?,23?,24?,25?,33?,34?,35?,36?,37?,39?,40?,41?,47?,48?,49-,50?,51?/m1/s1. The van der Waals surface area contributed by atoms with Crippen molar-refractivity contribution in [1.82, 2.24) is 0 Å². The number of phenols is 1. The van der Waals surface area contributed by atoms with Gasteiger partial charge >= 0.3 is 23.9 Å². The number of phenolic OH excluding ortho intramolecular Hbond substituents is 1. The molecule has 21 nitrogen and oxygen atoms in total. The smallest absolute Gasteiger partial charge is 0.303 e. The van der Waals surface area contributed by atoms with E-state index in [2.05, 4.69) is 0 Å². The molecular formula is C51H64O21. The Hall–Kier alpha value is -4.97. The van der Waals surface area contributed by atoms with Gasteiger partial charge in [-0.1, -0.05) is 12.1 Å². The number of aromatic hydroxyl groups is 1. The van der Waals surface area contributed by atoms with Gasteiger partial charge in [-0.3, -0.25) is 33.6 Å². The van der Waals surface area contributed by atoms with Crippen molar-refractivity contribution in [2.24, 2.45) is 0 Å². The van der Waals surface area contributed by atoms with Gasteiger partial charge in [0.1, 0.15) is 29.7 Å². The molecule has 3 N–H and O–H groups in total. The Bertz CT molecular complexity index is 2430. The van der Waals surface area contributed by atoms with E-state index in [0.29, 0.717) is 12.8 Å². The fraction of sp³-hybridized carbons (Fsp3) is 0.667. The SMILES string of the molecule is CC(=O)OC1CCC(OC23C(=O)C[C@@](C)(O)CC2(O)C=CC2=C3C(=O)c3ccc(C4CC(OC5CCC(OC6CC(OC(C)=O)C(OC(C)=O)C(C)O6)C(C)O5)C(OC(C)=O)C(C)O4)c(O)c3C2=O)OC1C. The lowest BCUT2D eigenvalue weighted by Crippen LogP contribution is -2.71. The molecule has 0 spiro atoms. The number of ether oxygens (including phenoxy) is 11. The first-order valence-corrected chi connectivity index (χ1v) is 24.5. The first-order valence-electron chi connectivity index (χ1n) is 24.5. The molecule has 0 radical (unpaired) electrons. The number of rotatable bonds is 11. The minimum absolute atomic E-state index is 0.0236. The van der Waals surface area contributed by atoms with E-state index in [1.807, 2.05) is 0 Å². The highest BCUT2D eigenvalue weighted by atomic mass is 16.7. The number of ketones is 3. The summed E-state index contributed by atoms with van der Waals surface area (Å²) in [6.07, 6.45) is -8.79. The monoisotopic (exact) mass is 1010 g/mol. The van der Waals surface area contributed by atoms with Gasteiger partial charge in [0.25, 0.3) is 0 Å². The van der Waals surface area contributed by atoms with Crippen LogP contribution in [0.3, 0.4) is 0 Å². The van der Waals surface area contributed by atoms with Gasteiger partial charge in [0.2, 0.25) is 0 Å². The third-order valence-corrected chi connectivity index (χ3v) is 14.5. The summed E-state index contributed by atoms with van der Waals surface area (Å²) >= 11 is 0. The predicted octanol–water partition coefficient (Wildman–Crippen LogP) is 3.77. The fourth-order valence-electron chi connectivity index (χ4n) is 11.5. The van der Waals surface area contributed by atoms with Crippen molar-refractivity contribution in [2.75, 3.05) is 0 Å². The third kappa shape index (κ3) is 10.3. The van der Waals surface area contributed by atoms with Gasteiger partial charge in [0, 0.05) is 82.9 Å². The Labute approximate surface area is 415 Å². The Morgan fingerprint density at radius 1 is 0.639 bits per heavy atom. The molecule has 1 saturated carbocycles. The number of esters is 4. The average molecular weight is 1010 g/mol. The molecule has 0 bridgehead atoms. The molecule has 21 heteroatoms. The zero-order valence-electron chi connectivity index (χ0n) is 41.7. The van der Waals surface area contributed by atoms with Gasteiger partial charge in [0.15, 0.2) is 54.0 Å². The molecular weight excluding hydrogens is 949 g/mol. The lowest BCUT2D eigenvalue weighted by Gasteiger charge is -2.55. The van der Waals surface area contributed by atoms with E-state index in [-0.39, 0.29) is 47.9 Å². The molecule has 7 aliphatic rings. The Balaban J connectivity index is 1.02. The molecule has 8 rings (SSSR count). The van der Waals surface area contributed by atoms with E-state index in [9.17, 15) is 48.9 Å². The number of carbonyl (C=O) groups excluding carboxylic acids is 7. The van der Waals surface area contributed by atoms with Crippen LogP contribution in [0.2, 0.25) is 0 Å². The number of hydrogen-bond acceptors (Lipinski definition) is 21. The van der Waals surface area contributed by atoms with Crippen LogP contribution in [-0.2, 0) is 76.1 Å². The molecule has 1 aromatic rings. The lowest BCUT2D eigenvalue weighted by molar-refractivity contribution is -0.308. The van der Waals surface area contributed by atoms with Crippen LogP contribution in [0.25, 0.3) is 0 Å². The van der Waals surface area contributed by atoms with E-state index in [1.165, 1.54) is 52.8 Å². The largest absolute Gasteiger partial charge is 0.507 e. The minimum atomic E-state index is -2.54. The van der Waals surface area contributed by atoms with Crippen LogP contribution >= 0.6 is 0 Å². The zero-order chi connectivity index (χ0) is 52.4. The first kappa shape index (κ1) is 53.3. The molecule has 4 saturated heterocycles. The van der Waals surface area contributed by atoms with Crippen molar-refractivity contribution >= 4 is 41.2 Å². The van der Waals surface area contributed by atoms with Gasteiger partial charge in [-0.2, -0.15) is 0 Å². The van der Waals surface area contributed by atoms with Gasteiger partial charge in [-0.25, -0.2) is 0 Å². The summed E-state index contributed by atoms with van der Waals surface area (Å²) in [4.78, 5) is 92.1. The highest BCUT2D eigenvalue weighted by molar-refractivity contribution is 6.32. The predicted molar refractivity (Wildman–Crippen MR) is 243 cm³/mol. The molecule has 0 amide bonds. The van der Waals surface area contributed by atoms with E-state index >= 15 is 0 Å². The lowest BCUT2D eigenvalue weighted by atomic mass is 9.57. The highest BCUT2D eigenvalue weighted by Gasteiger charge is 2.69. The molecule has 1 aromatic carbocycles. The van der Waals surface area contributed by atoms with Crippen LogP contribution in [0, 0.1) is 0 Å². The number of hydrogen-bond donors (Lipinski definition) is 3. The number of fused-ring (bicyclic) bond motifs is 3. The second-order valence-corrected chi connectivity index (χ2v) is 20.3. The fourth-order valence-corrected chi connectivity index (χ4v) is 11.5. The van der Waals surface area contributed by atoms with Crippen LogP contribution in [0.1, 0.15) is 146 Å². The van der Waals surface area contributed by atoms with Crippen LogP contribution in [0.5, 0.6) is 5.75 Å². The Kier molecular flexibility index (Phi) is 15.1. The quantitative estimate of drug-likeness (QED) is 0.210. The van der Waals surface area contributed by atoms with Crippen molar-refractivity contribution in [3.05, 3.63) is 52.1 Å². The summed E-state index contributed by atoms with van der Waals surface area (Å²) in [5.74, 6) is -5.43. The first-order chi connectivity index (χ1) is 33.8.